The maximum absolute atomic E-state index is 12.8. The molecule has 0 bridgehead atoms. The number of hydrogen-bond acceptors (Lipinski definition) is 4. The van der Waals surface area contributed by atoms with Crippen molar-refractivity contribution in [2.24, 2.45) is 0 Å². The van der Waals surface area contributed by atoms with Crippen LogP contribution < -0.4 is 14.2 Å². The monoisotopic (exact) mass is 484 g/mol. The summed E-state index contributed by atoms with van der Waals surface area (Å²) in [5.74, 6) is -0.549. The van der Waals surface area contributed by atoms with Crippen LogP contribution in [0.5, 0.6) is 5.75 Å². The largest absolute Gasteiger partial charge is 0.619 e. The zero-order chi connectivity index (χ0) is 23.7. The molecule has 0 aliphatic rings. The van der Waals surface area contributed by atoms with E-state index in [1.54, 1.807) is 13.0 Å². The summed E-state index contributed by atoms with van der Waals surface area (Å²) in [6.07, 6.45) is -3.59. The number of aryl methyl sites for hydroxylation is 1. The van der Waals surface area contributed by atoms with Gasteiger partial charge in [-0.15, -0.1) is 13.2 Å². The van der Waals surface area contributed by atoms with Gasteiger partial charge in [-0.3, -0.25) is 4.72 Å². The number of nitrogens with one attached hydrogen (secondary N) is 1. The maximum atomic E-state index is 12.8. The molecule has 0 saturated heterocycles. The fourth-order valence-electron chi connectivity index (χ4n) is 2.82. The fraction of sp³-hybridized carbons (Fsp3) is 0.0952. The number of anilines is 1. The van der Waals surface area contributed by atoms with Crippen molar-refractivity contribution in [3.8, 4) is 5.75 Å². The lowest BCUT2D eigenvalue weighted by atomic mass is 9.98. The Morgan fingerprint density at radius 2 is 1.78 bits per heavy atom. The molecule has 0 fully saturated rings. The van der Waals surface area contributed by atoms with Crippen LogP contribution in [-0.2, 0) is 10.0 Å². The van der Waals surface area contributed by atoms with Crippen molar-refractivity contribution < 1.29 is 31.1 Å². The molecule has 1 aromatic heterocycles. The van der Waals surface area contributed by atoms with E-state index in [0.29, 0.717) is 32.1 Å². The Kier molecular flexibility index (Phi) is 6.38. The van der Waals surface area contributed by atoms with Gasteiger partial charge in [-0.2, -0.15) is 4.73 Å². The summed E-state index contributed by atoms with van der Waals surface area (Å²) < 4.78 is 69.4. The highest BCUT2D eigenvalue weighted by molar-refractivity contribution is 7.92. The first-order valence-electron chi connectivity index (χ1n) is 8.93. The molecule has 0 amide bonds. The van der Waals surface area contributed by atoms with Gasteiger partial charge in [0.25, 0.3) is 10.0 Å². The highest BCUT2D eigenvalue weighted by Crippen LogP contribution is 2.32. The molecule has 0 saturated carbocycles. The maximum Gasteiger partial charge on any atom is 0.573 e. The Bertz CT molecular complexity index is 1280. The number of alkyl halides is 3. The van der Waals surface area contributed by atoms with Gasteiger partial charge in [0.05, 0.1) is 10.6 Å². The van der Waals surface area contributed by atoms with E-state index < -0.39 is 22.1 Å². The summed E-state index contributed by atoms with van der Waals surface area (Å²) in [5.41, 5.74) is 1.90. The van der Waals surface area contributed by atoms with Crippen molar-refractivity contribution in [3.05, 3.63) is 94.4 Å². The molecule has 0 radical (unpaired) electrons. The first kappa shape index (κ1) is 23.4. The number of ether oxygens (including phenoxy) is 1. The minimum absolute atomic E-state index is 0.145. The van der Waals surface area contributed by atoms with E-state index in [2.05, 4.69) is 16.0 Å². The lowest BCUT2D eigenvalue weighted by Crippen LogP contribution is -2.29. The van der Waals surface area contributed by atoms with Gasteiger partial charge in [-0.25, -0.2) is 8.42 Å². The molecular formula is C21H16ClF3N2O4S. The molecule has 32 heavy (non-hydrogen) atoms. The molecule has 1 heterocycles. The highest BCUT2D eigenvalue weighted by atomic mass is 35.5. The first-order chi connectivity index (χ1) is 14.9. The average molecular weight is 485 g/mol. The van der Waals surface area contributed by atoms with E-state index in [0.717, 1.165) is 24.3 Å². The topological polar surface area (TPSA) is 82.3 Å². The van der Waals surface area contributed by atoms with Crippen LogP contribution in [0.2, 0.25) is 5.02 Å². The molecule has 0 aliphatic heterocycles. The molecular weight excluding hydrogens is 469 g/mol. The number of pyridine rings is 1. The normalized spacial score (nSPS) is 11.8. The number of nitrogens with zero attached hydrogens (tertiary/aromatic N) is 1. The van der Waals surface area contributed by atoms with Crippen molar-refractivity contribution in [2.45, 2.75) is 18.2 Å². The van der Waals surface area contributed by atoms with Gasteiger partial charge in [-0.1, -0.05) is 18.2 Å². The van der Waals surface area contributed by atoms with E-state index in [-0.39, 0.29) is 10.6 Å². The second-order valence-corrected chi connectivity index (χ2v) is 8.79. The minimum atomic E-state index is -4.89. The van der Waals surface area contributed by atoms with Crippen molar-refractivity contribution >= 4 is 32.9 Å². The molecule has 0 aliphatic carbocycles. The minimum Gasteiger partial charge on any atom is -0.619 e. The predicted octanol–water partition coefficient (Wildman–Crippen LogP) is 5.04. The molecule has 0 spiro atoms. The zero-order valence-electron chi connectivity index (χ0n) is 16.5. The standard InChI is InChI=1S/C21H16ClF3N2O4S/c1-13-11-15(9-10-27(13)28)14(2)19-12-16(22)3-8-20(19)26-32(29,30)18-6-4-17(5-7-18)31-21(23,24)25/h3-12,26H,2H2,1H3. The van der Waals surface area contributed by atoms with E-state index in [1.165, 1.54) is 30.5 Å². The molecule has 3 aromatic rings. The molecule has 0 unspecified atom stereocenters. The van der Waals surface area contributed by atoms with Gasteiger partial charge in [0.2, 0.25) is 0 Å². The summed E-state index contributed by atoms with van der Waals surface area (Å²) in [4.78, 5) is -0.276. The van der Waals surface area contributed by atoms with Crippen molar-refractivity contribution in [2.75, 3.05) is 4.72 Å². The van der Waals surface area contributed by atoms with Gasteiger partial charge in [0.15, 0.2) is 11.9 Å². The first-order valence-corrected chi connectivity index (χ1v) is 10.8. The summed E-state index contributed by atoms with van der Waals surface area (Å²) in [6.45, 7) is 5.60. The smallest absolute Gasteiger partial charge is 0.573 e. The third-order valence-electron chi connectivity index (χ3n) is 4.37. The third kappa shape index (κ3) is 5.51. The Morgan fingerprint density at radius 3 is 2.38 bits per heavy atom. The molecule has 168 valence electrons. The van der Waals surface area contributed by atoms with E-state index in [9.17, 15) is 26.8 Å². The molecule has 0 atom stereocenters. The van der Waals surface area contributed by atoms with E-state index in [1.807, 2.05) is 0 Å². The second-order valence-electron chi connectivity index (χ2n) is 6.68. The number of hydrogen-bond donors (Lipinski definition) is 1. The van der Waals surface area contributed by atoms with E-state index in [4.69, 9.17) is 11.6 Å². The van der Waals surface area contributed by atoms with Crippen LogP contribution in [0.25, 0.3) is 5.57 Å². The van der Waals surface area contributed by atoms with Crippen molar-refractivity contribution in [1.29, 1.82) is 0 Å². The summed E-state index contributed by atoms with van der Waals surface area (Å²) in [6, 6.07) is 11.3. The fourth-order valence-corrected chi connectivity index (χ4v) is 4.08. The van der Waals surface area contributed by atoms with Crippen LogP contribution in [0.4, 0.5) is 18.9 Å². The van der Waals surface area contributed by atoms with Gasteiger partial charge >= 0.3 is 6.36 Å². The Morgan fingerprint density at radius 1 is 1.12 bits per heavy atom. The average Bonchev–Trinajstić information content (AvgIpc) is 2.70. The Hall–Kier alpha value is -3.24. The summed E-state index contributed by atoms with van der Waals surface area (Å²) >= 11 is 6.09. The molecule has 3 rings (SSSR count). The summed E-state index contributed by atoms with van der Waals surface area (Å²) in [5, 5.41) is 11.9. The van der Waals surface area contributed by atoms with Gasteiger partial charge in [-0.05, 0) is 53.6 Å². The number of aromatic nitrogens is 1. The number of rotatable bonds is 6. The number of halogens is 4. The molecule has 1 N–H and O–H groups in total. The Labute approximate surface area is 187 Å². The number of sulfonamides is 1. The van der Waals surface area contributed by atoms with Crippen LogP contribution in [0.3, 0.4) is 0 Å². The van der Waals surface area contributed by atoms with Crippen molar-refractivity contribution in [1.82, 2.24) is 0 Å². The molecule has 11 heteroatoms. The lowest BCUT2D eigenvalue weighted by Gasteiger charge is -2.16. The highest BCUT2D eigenvalue weighted by Gasteiger charge is 2.31. The lowest BCUT2D eigenvalue weighted by molar-refractivity contribution is -0.612. The molecule has 2 aromatic carbocycles. The van der Waals surface area contributed by atoms with Gasteiger partial charge in [0, 0.05) is 29.6 Å². The summed E-state index contributed by atoms with van der Waals surface area (Å²) in [7, 11) is -4.16. The van der Waals surface area contributed by atoms with E-state index >= 15 is 0 Å². The van der Waals surface area contributed by atoms with Crippen LogP contribution in [0, 0.1) is 12.1 Å². The SMILES string of the molecule is C=C(c1cc[n+]([O-])c(C)c1)c1cc(Cl)ccc1NS(=O)(=O)c1ccc(OC(F)(F)F)cc1. The van der Waals surface area contributed by atoms with Crippen LogP contribution >= 0.6 is 11.6 Å². The van der Waals surface area contributed by atoms with Crippen LogP contribution in [0.1, 0.15) is 16.8 Å². The van der Waals surface area contributed by atoms with Gasteiger partial charge < -0.3 is 9.94 Å². The zero-order valence-corrected chi connectivity index (χ0v) is 18.1. The predicted molar refractivity (Wildman–Crippen MR) is 114 cm³/mol. The van der Waals surface area contributed by atoms with Crippen molar-refractivity contribution in [3.63, 3.8) is 0 Å². The molecule has 6 nitrogen and oxygen atoms in total. The van der Waals surface area contributed by atoms with Crippen LogP contribution in [0.15, 0.2) is 72.3 Å². The van der Waals surface area contributed by atoms with Crippen LogP contribution in [-0.4, -0.2) is 14.8 Å². The second kappa shape index (κ2) is 8.71. The van der Waals surface area contributed by atoms with Gasteiger partial charge in [0.1, 0.15) is 5.75 Å². The number of benzene rings is 2. The Balaban J connectivity index is 1.93. The quantitative estimate of drug-likeness (QED) is 0.392. The third-order valence-corrected chi connectivity index (χ3v) is 5.99.